The summed E-state index contributed by atoms with van der Waals surface area (Å²) in [5.74, 6) is 1.82. The van der Waals surface area contributed by atoms with Gasteiger partial charge in [-0.2, -0.15) is 0 Å². The Kier molecular flexibility index (Phi) is 8.61. The summed E-state index contributed by atoms with van der Waals surface area (Å²) in [5.41, 5.74) is 7.69. The minimum atomic E-state index is -0.575. The Hall–Kier alpha value is -10.6. The van der Waals surface area contributed by atoms with Gasteiger partial charge in [-0.15, -0.1) is 0 Å². The topological polar surface area (TPSA) is 40.3 Å². The number of hydrogen-bond donors (Lipinski definition) is 0. The number of hydrogen-bond acceptors (Lipinski definition) is 2. The highest BCUT2D eigenvalue weighted by molar-refractivity contribution is 6.32. The van der Waals surface area contributed by atoms with E-state index in [-0.39, 0.29) is 33.4 Å². The van der Waals surface area contributed by atoms with Gasteiger partial charge in [0, 0.05) is 39.2 Å². The van der Waals surface area contributed by atoms with E-state index in [0.29, 0.717) is 28.2 Å². The van der Waals surface area contributed by atoms with Crippen LogP contribution in [0, 0.1) is 6.33 Å². The molecule has 0 saturated carbocycles. The summed E-state index contributed by atoms with van der Waals surface area (Å²) in [6.45, 7) is 6.62. The Morgan fingerprint density at radius 2 is 1.04 bits per heavy atom. The first-order valence-electron chi connectivity index (χ1n) is 32.3. The lowest BCUT2D eigenvalue weighted by Gasteiger charge is -2.20. The molecule has 82 heavy (non-hydrogen) atoms. The maximum Gasteiger partial charge on any atom is 0.269 e. The number of para-hydroxylation sites is 6. The Labute approximate surface area is 487 Å². The van der Waals surface area contributed by atoms with Gasteiger partial charge >= 0.3 is 0 Å². The lowest BCUT2D eigenvalue weighted by molar-refractivity contribution is -0.571. The predicted molar refractivity (Wildman–Crippen MR) is 339 cm³/mol. The highest BCUT2D eigenvalue weighted by Gasteiger charge is 2.27. The van der Waals surface area contributed by atoms with E-state index in [1.165, 1.54) is 0 Å². The summed E-state index contributed by atoms with van der Waals surface area (Å²) in [6.07, 6.45) is 5.44. The van der Waals surface area contributed by atoms with Crippen molar-refractivity contribution in [3.8, 4) is 50.9 Å². The molecule has 5 heterocycles. The monoisotopic (exact) mass is 1060 g/mol. The molecule has 0 saturated heterocycles. The van der Waals surface area contributed by atoms with Crippen LogP contribution >= 0.6 is 0 Å². The summed E-state index contributed by atoms with van der Waals surface area (Å²) >= 11 is 0. The number of nitrogens with zero attached hydrogens (tertiary/aromatic N) is 5. The summed E-state index contributed by atoms with van der Waals surface area (Å²) in [6, 6.07) is 62.1. The van der Waals surface area contributed by atoms with Crippen LogP contribution in [0.3, 0.4) is 0 Å². The van der Waals surface area contributed by atoms with Gasteiger partial charge in [0.1, 0.15) is 17.3 Å². The normalized spacial score (nSPS) is 13.8. The number of aromatic nitrogens is 5. The molecule has 0 unspecified atom stereocenters. The summed E-state index contributed by atoms with van der Waals surface area (Å²) in [7, 11) is 0. The van der Waals surface area contributed by atoms with Crippen molar-refractivity contribution in [2.24, 2.45) is 0 Å². The Morgan fingerprint density at radius 3 is 1.73 bits per heavy atom. The van der Waals surface area contributed by atoms with Gasteiger partial charge in [0.15, 0.2) is 0 Å². The lowest BCUT2D eigenvalue weighted by Crippen LogP contribution is -2.31. The van der Waals surface area contributed by atoms with E-state index in [1.807, 2.05) is 59.3 Å². The molecular weight excluding hydrogens is 999 g/mol. The molecule has 0 amide bonds. The Balaban J connectivity index is 0.996. The highest BCUT2D eigenvalue weighted by atomic mass is 16.5. The summed E-state index contributed by atoms with van der Waals surface area (Å²) in [4.78, 5) is 5.13. The van der Waals surface area contributed by atoms with Crippen molar-refractivity contribution in [3.05, 3.63) is 279 Å². The maximum absolute atomic E-state index is 9.23. The van der Waals surface area contributed by atoms with Crippen molar-refractivity contribution in [2.45, 2.75) is 26.2 Å². The first kappa shape index (κ1) is 38.1. The second-order valence-electron chi connectivity index (χ2n) is 21.7. The van der Waals surface area contributed by atoms with Crippen LogP contribution in [0.25, 0.3) is 132 Å². The number of benzene rings is 11. The SMILES string of the molecule is [2H]c1c([2H])c([2H])c(-c2cccc(-c3c([2H])c([2H])c([2H])c([2H])c3[2H])c2-[n+]2[c-]n(-c3cccc(Oc4cc5c(c6ccccc6n5-c5cc(C(C)(C)C)ccn5)c5c4c4cccc6c7ccccc7c7ccccc7c7ccccc7n5c64)c3)c3ccccc32)c([2H])c1[2H]. The minimum Gasteiger partial charge on any atom is -0.457 e. The standard InChI is InChI=1S/C76H53N5O/c1-76(2,3)51-43-44-77-70(45-51)80-65-40-17-15-34-62(65)71-68(80)47-69(72-63-38-22-37-61-59-32-13-11-30-57(59)56-29-10-12-31-58(56)60-33-14-16-39-64(60)81(74(61)63)75(71)72)82-53-28-20-27-52(46-53)78-48-79(67-42-19-18-41-66(67)78)73-54(49-23-6-4-7-24-49)35-21-36-55(73)50-25-8-5-9-26-50/h4-47H,1-3H3/i4D,5D,6D,7D,8D,9D,23D,24D,25D,26D. The van der Waals surface area contributed by atoms with Crippen molar-refractivity contribution in [3.63, 3.8) is 0 Å². The fourth-order valence-electron chi connectivity index (χ4n) is 12.4. The van der Waals surface area contributed by atoms with Crippen molar-refractivity contribution >= 4 is 92.5 Å². The van der Waals surface area contributed by atoms with E-state index in [0.717, 1.165) is 92.8 Å². The van der Waals surface area contributed by atoms with E-state index in [9.17, 15) is 5.48 Å². The second-order valence-corrected chi connectivity index (χ2v) is 21.7. The molecule has 0 radical (unpaired) electrons. The van der Waals surface area contributed by atoms with E-state index in [4.69, 9.17) is 17.9 Å². The number of fused-ring (bicyclic) bond motifs is 15. The van der Waals surface area contributed by atoms with Crippen LogP contribution in [-0.2, 0) is 5.41 Å². The molecule has 0 bridgehead atoms. The fraction of sp³-hybridized carbons (Fsp3) is 0.0526. The molecule has 0 N–H and O–H groups in total. The van der Waals surface area contributed by atoms with Gasteiger partial charge in [-0.3, -0.25) is 13.7 Å². The zero-order valence-corrected chi connectivity index (χ0v) is 44.8. The van der Waals surface area contributed by atoms with Gasteiger partial charge in [-0.05, 0) is 97.2 Å². The maximum atomic E-state index is 9.23. The van der Waals surface area contributed by atoms with Gasteiger partial charge in [-0.1, -0.05) is 233 Å². The molecule has 6 nitrogen and oxygen atoms in total. The molecule has 0 fully saturated rings. The van der Waals surface area contributed by atoms with E-state index in [1.54, 1.807) is 22.8 Å². The molecule has 388 valence electrons. The molecule has 16 rings (SSSR count). The van der Waals surface area contributed by atoms with Gasteiger partial charge in [0.05, 0.1) is 69.1 Å². The molecule has 0 aliphatic rings. The van der Waals surface area contributed by atoms with E-state index in [2.05, 4.69) is 170 Å². The van der Waals surface area contributed by atoms with Crippen LogP contribution in [0.5, 0.6) is 11.5 Å². The average molecular weight is 1060 g/mol. The van der Waals surface area contributed by atoms with Crippen molar-refractivity contribution in [2.75, 3.05) is 0 Å². The highest BCUT2D eigenvalue weighted by Crippen LogP contribution is 2.49. The van der Waals surface area contributed by atoms with E-state index < -0.39 is 60.4 Å². The summed E-state index contributed by atoms with van der Waals surface area (Å²) in [5, 5.41) is 10.5. The molecular formula is C76H53N5O. The third-order valence-electron chi connectivity index (χ3n) is 16.0. The van der Waals surface area contributed by atoms with Crippen LogP contribution < -0.4 is 9.30 Å². The van der Waals surface area contributed by atoms with Crippen LogP contribution in [0.2, 0.25) is 0 Å². The first-order valence-corrected chi connectivity index (χ1v) is 27.3. The number of rotatable bonds is 7. The van der Waals surface area contributed by atoms with Crippen molar-refractivity contribution < 1.29 is 23.0 Å². The minimum absolute atomic E-state index is 0.142. The third-order valence-corrected chi connectivity index (χ3v) is 16.0. The number of ether oxygens (including phenoxy) is 1. The molecule has 0 aliphatic heterocycles. The van der Waals surface area contributed by atoms with Gasteiger partial charge in [0.2, 0.25) is 0 Å². The average Bonchev–Trinajstić information content (AvgIpc) is 1.52. The fourth-order valence-corrected chi connectivity index (χ4v) is 12.4. The van der Waals surface area contributed by atoms with Gasteiger partial charge in [0.25, 0.3) is 6.33 Å². The van der Waals surface area contributed by atoms with Gasteiger partial charge < -0.3 is 9.14 Å². The quantitative estimate of drug-likeness (QED) is 0.118. The first-order chi connectivity index (χ1) is 44.5. The van der Waals surface area contributed by atoms with Gasteiger partial charge in [-0.25, -0.2) is 4.98 Å². The summed E-state index contributed by atoms with van der Waals surface area (Å²) < 4.78 is 105. The van der Waals surface area contributed by atoms with Crippen molar-refractivity contribution in [1.82, 2.24) is 18.5 Å². The van der Waals surface area contributed by atoms with Crippen LogP contribution in [0.1, 0.15) is 40.0 Å². The molecule has 6 heteroatoms. The molecule has 11 aromatic carbocycles. The zero-order chi connectivity index (χ0) is 63.3. The Bertz CT molecular complexity index is 5800. The number of imidazole rings is 1. The second kappa shape index (κ2) is 18.5. The predicted octanol–water partition coefficient (Wildman–Crippen LogP) is 19.2. The number of pyridine rings is 1. The molecule has 16 aromatic rings. The largest absolute Gasteiger partial charge is 0.457 e. The molecule has 0 spiro atoms. The third kappa shape index (κ3) is 7.34. The smallest absolute Gasteiger partial charge is 0.269 e. The van der Waals surface area contributed by atoms with Crippen LogP contribution in [-0.4, -0.2) is 18.5 Å². The van der Waals surface area contributed by atoms with E-state index >= 15 is 0 Å². The van der Waals surface area contributed by atoms with Crippen molar-refractivity contribution in [1.29, 1.82) is 0 Å². The Morgan fingerprint density at radius 1 is 0.476 bits per heavy atom. The molecule has 5 aromatic heterocycles. The van der Waals surface area contributed by atoms with Crippen LogP contribution in [0.4, 0.5) is 0 Å². The van der Waals surface area contributed by atoms with Crippen LogP contribution in [0.15, 0.2) is 267 Å². The molecule has 0 aliphatic carbocycles. The zero-order valence-electron chi connectivity index (χ0n) is 54.8. The lowest BCUT2D eigenvalue weighted by atomic mass is 9.88. The molecule has 0 atom stereocenters.